The molecule has 1 atom stereocenters. The molecule has 0 spiro atoms. The maximum absolute atomic E-state index is 12.1. The van der Waals surface area contributed by atoms with Crippen LogP contribution in [0.4, 0.5) is 0 Å². The monoisotopic (exact) mass is 310 g/mol. The van der Waals surface area contributed by atoms with Gasteiger partial charge >= 0.3 is 0 Å². The van der Waals surface area contributed by atoms with Gasteiger partial charge in [-0.15, -0.1) is 10.2 Å². The second-order valence-corrected chi connectivity index (χ2v) is 5.56. The first-order valence-electron chi connectivity index (χ1n) is 6.71. The zero-order chi connectivity index (χ0) is 14.9. The van der Waals surface area contributed by atoms with Gasteiger partial charge in [0, 0.05) is 11.8 Å². The molecule has 4 rings (SSSR count). The van der Waals surface area contributed by atoms with Gasteiger partial charge in [-0.1, -0.05) is 24.3 Å². The summed E-state index contributed by atoms with van der Waals surface area (Å²) in [4.78, 5) is 16.2. The molecule has 3 heterocycles. The van der Waals surface area contributed by atoms with E-state index >= 15 is 0 Å². The lowest BCUT2D eigenvalue weighted by molar-refractivity contribution is -0.120. The van der Waals surface area contributed by atoms with Gasteiger partial charge in [-0.25, -0.2) is 9.37 Å². The van der Waals surface area contributed by atoms with Crippen molar-refractivity contribution < 1.29 is 9.21 Å². The van der Waals surface area contributed by atoms with Crippen LogP contribution in [-0.4, -0.2) is 20.5 Å². The van der Waals surface area contributed by atoms with Crippen LogP contribution in [0.1, 0.15) is 5.89 Å². The molecule has 1 aromatic carbocycles. The summed E-state index contributed by atoms with van der Waals surface area (Å²) in [5.74, 6) is 0.286. The molecular weight excluding hydrogens is 300 g/mol. The molecule has 0 saturated carbocycles. The van der Waals surface area contributed by atoms with E-state index in [1.165, 1.54) is 11.5 Å². The molecule has 22 heavy (non-hydrogen) atoms. The van der Waals surface area contributed by atoms with Gasteiger partial charge < -0.3 is 4.42 Å². The van der Waals surface area contributed by atoms with E-state index in [0.717, 1.165) is 10.8 Å². The third-order valence-corrected chi connectivity index (χ3v) is 3.99. The highest BCUT2D eigenvalue weighted by molar-refractivity contribution is 7.03. The molecule has 0 saturated heterocycles. The van der Waals surface area contributed by atoms with Crippen LogP contribution in [0.2, 0.25) is 0 Å². The number of carbonyl (C=O) groups excluding carboxylic acids is 1. The van der Waals surface area contributed by atoms with Gasteiger partial charge in [-0.2, -0.15) is 0 Å². The Kier molecular flexibility index (Phi) is 3.12. The molecule has 0 N–H and O–H groups in total. The van der Waals surface area contributed by atoms with E-state index in [0.29, 0.717) is 23.6 Å². The van der Waals surface area contributed by atoms with Gasteiger partial charge in [0.15, 0.2) is 0 Å². The molecule has 7 heteroatoms. The number of benzene rings is 1. The first-order valence-corrected chi connectivity index (χ1v) is 7.55. The van der Waals surface area contributed by atoms with Crippen molar-refractivity contribution in [2.24, 2.45) is 10.9 Å². The number of hydrogen-bond donors (Lipinski definition) is 0. The number of aromatic nitrogens is 3. The number of rotatable bonds is 3. The van der Waals surface area contributed by atoms with Crippen LogP contribution in [0.3, 0.4) is 0 Å². The standard InChI is InChI=1S/C15H10N4O2S/c20-14-10(5-9-3-1-2-4-12(9)17-14)6-13-18-19-15(21-13)11-7-16-22-8-11/h1-5,7-8,10H,6H2. The molecule has 1 amide bonds. The van der Waals surface area contributed by atoms with Crippen LogP contribution in [0.25, 0.3) is 17.5 Å². The average Bonchev–Trinajstić information content (AvgIpc) is 3.18. The highest BCUT2D eigenvalue weighted by atomic mass is 32.1. The lowest BCUT2D eigenvalue weighted by Crippen LogP contribution is -2.34. The zero-order valence-corrected chi connectivity index (χ0v) is 12.2. The minimum Gasteiger partial charge on any atom is -0.421 e. The number of amides is 1. The van der Waals surface area contributed by atoms with Crippen LogP contribution in [0.15, 0.2) is 45.3 Å². The van der Waals surface area contributed by atoms with E-state index in [9.17, 15) is 4.79 Å². The summed E-state index contributed by atoms with van der Waals surface area (Å²) in [5, 5.41) is 11.5. The van der Waals surface area contributed by atoms with Gasteiger partial charge in [0.1, 0.15) is 0 Å². The fourth-order valence-electron chi connectivity index (χ4n) is 2.32. The number of nitrogens with zero attached hydrogens (tertiary/aromatic N) is 4. The second-order valence-electron chi connectivity index (χ2n) is 4.90. The molecule has 0 fully saturated rings. The van der Waals surface area contributed by atoms with Gasteiger partial charge in [-0.05, 0) is 22.8 Å². The molecule has 0 radical (unpaired) electrons. The number of hydrogen-bond acceptors (Lipinski definition) is 6. The van der Waals surface area contributed by atoms with Gasteiger partial charge in [-0.3, -0.25) is 4.79 Å². The summed E-state index contributed by atoms with van der Waals surface area (Å²) in [5.41, 5.74) is 0.790. The van der Waals surface area contributed by atoms with E-state index in [1.807, 2.05) is 35.7 Å². The number of fused-ring (bicyclic) bond motifs is 1. The van der Waals surface area contributed by atoms with Crippen LogP contribution in [0.5, 0.6) is 0 Å². The van der Waals surface area contributed by atoms with Gasteiger partial charge in [0.2, 0.25) is 11.8 Å². The minimum absolute atomic E-state index is 0.185. The van der Waals surface area contributed by atoms with E-state index < -0.39 is 0 Å². The van der Waals surface area contributed by atoms with Crippen molar-refractivity contribution in [3.05, 3.63) is 52.3 Å². The smallest absolute Gasteiger partial charge is 0.253 e. The average molecular weight is 310 g/mol. The Bertz CT molecular complexity index is 946. The SMILES string of the molecule is O=C1N=c2ccccc2=CC1Cc1nnc(-c2cnsc2)o1. The third kappa shape index (κ3) is 2.35. The maximum atomic E-state index is 12.1. The largest absolute Gasteiger partial charge is 0.421 e. The second kappa shape index (κ2) is 5.27. The predicted octanol–water partition coefficient (Wildman–Crippen LogP) is 0.992. The Labute approximate surface area is 129 Å². The molecule has 1 aliphatic heterocycles. The molecule has 3 aromatic rings. The Morgan fingerprint density at radius 1 is 1.23 bits per heavy atom. The highest BCUT2D eigenvalue weighted by Crippen LogP contribution is 2.20. The lowest BCUT2D eigenvalue weighted by atomic mass is 10.0. The molecule has 1 unspecified atom stereocenters. The van der Waals surface area contributed by atoms with Crippen LogP contribution in [-0.2, 0) is 11.2 Å². The van der Waals surface area contributed by atoms with Crippen molar-refractivity contribution in [2.45, 2.75) is 6.42 Å². The molecule has 108 valence electrons. The maximum Gasteiger partial charge on any atom is 0.253 e. The van der Waals surface area contributed by atoms with Crippen molar-refractivity contribution in [3.63, 3.8) is 0 Å². The zero-order valence-electron chi connectivity index (χ0n) is 11.3. The third-order valence-electron chi connectivity index (χ3n) is 3.41. The summed E-state index contributed by atoms with van der Waals surface area (Å²) >= 11 is 1.32. The highest BCUT2D eigenvalue weighted by Gasteiger charge is 2.22. The van der Waals surface area contributed by atoms with E-state index in [2.05, 4.69) is 19.6 Å². The quantitative estimate of drug-likeness (QED) is 0.720. The summed E-state index contributed by atoms with van der Waals surface area (Å²) in [7, 11) is 0. The topological polar surface area (TPSA) is 81.2 Å². The van der Waals surface area contributed by atoms with Gasteiger partial charge in [0.05, 0.1) is 23.0 Å². The van der Waals surface area contributed by atoms with Crippen molar-refractivity contribution in [2.75, 3.05) is 0 Å². The van der Waals surface area contributed by atoms with E-state index in [1.54, 1.807) is 6.20 Å². The summed E-state index contributed by atoms with van der Waals surface area (Å²) in [6.07, 6.45) is 3.92. The van der Waals surface area contributed by atoms with Crippen LogP contribution >= 0.6 is 11.5 Å². The first-order chi connectivity index (χ1) is 10.8. The number of para-hydroxylation sites is 1. The molecule has 1 aliphatic rings. The summed E-state index contributed by atoms with van der Waals surface area (Å²) < 4.78 is 9.60. The molecule has 0 aliphatic carbocycles. The molecule has 6 nitrogen and oxygen atoms in total. The Balaban J connectivity index is 1.62. The summed E-state index contributed by atoms with van der Waals surface area (Å²) in [6.45, 7) is 0. The predicted molar refractivity (Wildman–Crippen MR) is 79.3 cm³/mol. The molecule has 0 bridgehead atoms. The lowest BCUT2D eigenvalue weighted by Gasteiger charge is -2.09. The first kappa shape index (κ1) is 13.0. The summed E-state index contributed by atoms with van der Waals surface area (Å²) in [6, 6.07) is 7.55. The van der Waals surface area contributed by atoms with Crippen molar-refractivity contribution in [1.82, 2.24) is 14.6 Å². The van der Waals surface area contributed by atoms with Crippen molar-refractivity contribution in [1.29, 1.82) is 0 Å². The van der Waals surface area contributed by atoms with E-state index in [-0.39, 0.29) is 11.8 Å². The Morgan fingerprint density at radius 2 is 2.14 bits per heavy atom. The van der Waals surface area contributed by atoms with E-state index in [4.69, 9.17) is 4.42 Å². The van der Waals surface area contributed by atoms with Gasteiger partial charge in [0.25, 0.3) is 5.91 Å². The Morgan fingerprint density at radius 3 is 3.00 bits per heavy atom. The van der Waals surface area contributed by atoms with Crippen molar-refractivity contribution in [3.8, 4) is 11.5 Å². The minimum atomic E-state index is -0.371. The molecule has 2 aromatic heterocycles. The molecular formula is C15H10N4O2S. The number of carbonyl (C=O) groups is 1. The van der Waals surface area contributed by atoms with Crippen LogP contribution < -0.4 is 10.6 Å². The Hall–Kier alpha value is -2.67. The normalized spacial score (nSPS) is 16.7. The van der Waals surface area contributed by atoms with Crippen molar-refractivity contribution >= 4 is 23.5 Å². The van der Waals surface area contributed by atoms with Crippen LogP contribution in [0, 0.1) is 5.92 Å². The fraction of sp³-hybridized carbons (Fsp3) is 0.133. The fourth-order valence-corrected chi connectivity index (χ4v) is 2.83.